The van der Waals surface area contributed by atoms with Crippen LogP contribution >= 0.6 is 0 Å². The Hall–Kier alpha value is -0.340. The molecule has 0 saturated heterocycles. The Balaban J connectivity index is 0. The van der Waals surface area contributed by atoms with Crippen LogP contribution in [0.4, 0.5) is 0 Å². The fourth-order valence-corrected chi connectivity index (χ4v) is 1.25. The molecule has 0 fully saturated rings. The van der Waals surface area contributed by atoms with Crippen molar-refractivity contribution in [1.82, 2.24) is 0 Å². The maximum Gasteiger partial charge on any atom is 0.0553 e. The second-order valence-electron chi connectivity index (χ2n) is 3.71. The molecule has 0 atom stereocenters. The number of nitrogens with two attached hydrogens (primary N) is 1. The van der Waals surface area contributed by atoms with E-state index in [4.69, 9.17) is 10.8 Å². The van der Waals surface area contributed by atoms with E-state index in [0.29, 0.717) is 6.54 Å². The first kappa shape index (κ1) is 17.1. The van der Waals surface area contributed by atoms with Gasteiger partial charge < -0.3 is 10.8 Å². The molecule has 0 bridgehead atoms. The fourth-order valence-electron chi connectivity index (χ4n) is 1.25. The van der Waals surface area contributed by atoms with Crippen LogP contribution in [0.3, 0.4) is 0 Å². The SMILES string of the molecule is C=CCCCCCCCCC.NCCO. The van der Waals surface area contributed by atoms with Gasteiger partial charge in [-0.05, 0) is 12.8 Å². The van der Waals surface area contributed by atoms with Crippen molar-refractivity contribution in [3.05, 3.63) is 12.7 Å². The highest BCUT2D eigenvalue weighted by Gasteiger charge is 1.88. The molecule has 0 heterocycles. The fraction of sp³-hybridized carbons (Fsp3) is 0.846. The first-order chi connectivity index (χ1) is 7.33. The minimum atomic E-state index is 0.0972. The van der Waals surface area contributed by atoms with E-state index in [1.807, 2.05) is 6.08 Å². The zero-order chi connectivity index (χ0) is 11.8. The normalized spacial score (nSPS) is 9.27. The summed E-state index contributed by atoms with van der Waals surface area (Å²) < 4.78 is 0. The molecule has 0 aliphatic rings. The predicted octanol–water partition coefficient (Wildman–Crippen LogP) is 3.25. The topological polar surface area (TPSA) is 46.2 Å². The van der Waals surface area contributed by atoms with Crippen molar-refractivity contribution in [2.45, 2.75) is 58.3 Å². The second kappa shape index (κ2) is 19.3. The van der Waals surface area contributed by atoms with E-state index in [9.17, 15) is 0 Å². The van der Waals surface area contributed by atoms with Crippen LogP contribution in [0.5, 0.6) is 0 Å². The maximum absolute atomic E-state index is 7.75. The van der Waals surface area contributed by atoms with Crippen LogP contribution in [0, 0.1) is 0 Å². The van der Waals surface area contributed by atoms with Crippen molar-refractivity contribution in [3.63, 3.8) is 0 Å². The zero-order valence-electron chi connectivity index (χ0n) is 10.4. The van der Waals surface area contributed by atoms with Gasteiger partial charge in [-0.2, -0.15) is 0 Å². The first-order valence-electron chi connectivity index (χ1n) is 6.25. The highest BCUT2D eigenvalue weighted by Crippen LogP contribution is 2.07. The number of allylic oxidation sites excluding steroid dienone is 1. The van der Waals surface area contributed by atoms with E-state index in [0.717, 1.165) is 0 Å². The highest BCUT2D eigenvalue weighted by atomic mass is 16.3. The van der Waals surface area contributed by atoms with Gasteiger partial charge >= 0.3 is 0 Å². The number of hydrogen-bond donors (Lipinski definition) is 2. The number of unbranched alkanes of at least 4 members (excludes halogenated alkanes) is 7. The predicted molar refractivity (Wildman–Crippen MR) is 68.9 cm³/mol. The third-order valence-corrected chi connectivity index (χ3v) is 2.14. The molecule has 2 nitrogen and oxygen atoms in total. The van der Waals surface area contributed by atoms with Gasteiger partial charge in [0.2, 0.25) is 0 Å². The molecule has 0 amide bonds. The lowest BCUT2D eigenvalue weighted by molar-refractivity contribution is 0.306. The third kappa shape index (κ3) is 24.8. The molecule has 0 spiro atoms. The molecule has 0 aromatic heterocycles. The molecule has 0 aromatic rings. The van der Waals surface area contributed by atoms with E-state index >= 15 is 0 Å². The first-order valence-corrected chi connectivity index (χ1v) is 6.25. The molecule has 0 aliphatic carbocycles. The van der Waals surface area contributed by atoms with Crippen LogP contribution in [0.15, 0.2) is 12.7 Å². The lowest BCUT2D eigenvalue weighted by atomic mass is 10.1. The van der Waals surface area contributed by atoms with Crippen molar-refractivity contribution in [1.29, 1.82) is 0 Å². The molecule has 0 saturated carbocycles. The molecule has 0 rings (SSSR count). The Morgan fingerprint density at radius 3 is 1.93 bits per heavy atom. The molecule has 0 unspecified atom stereocenters. The lowest BCUT2D eigenvalue weighted by Gasteiger charge is -1.98. The molecule has 3 N–H and O–H groups in total. The van der Waals surface area contributed by atoms with Gasteiger partial charge in [-0.1, -0.05) is 51.5 Å². The summed E-state index contributed by atoms with van der Waals surface area (Å²) in [5.41, 5.74) is 4.78. The van der Waals surface area contributed by atoms with E-state index in [1.54, 1.807) is 0 Å². The molecule has 0 radical (unpaired) electrons. The van der Waals surface area contributed by atoms with Crippen molar-refractivity contribution in [2.75, 3.05) is 13.2 Å². The summed E-state index contributed by atoms with van der Waals surface area (Å²) in [6.07, 6.45) is 13.0. The number of hydrogen-bond acceptors (Lipinski definition) is 2. The Kier molecular flexibility index (Phi) is 21.9. The van der Waals surface area contributed by atoms with Crippen LogP contribution in [0.25, 0.3) is 0 Å². The van der Waals surface area contributed by atoms with Gasteiger partial charge in [0.1, 0.15) is 0 Å². The van der Waals surface area contributed by atoms with Gasteiger partial charge in [-0.25, -0.2) is 0 Å². The van der Waals surface area contributed by atoms with Gasteiger partial charge in [0.25, 0.3) is 0 Å². The summed E-state index contributed by atoms with van der Waals surface area (Å²) in [7, 11) is 0. The van der Waals surface area contributed by atoms with Crippen LogP contribution in [-0.2, 0) is 0 Å². The van der Waals surface area contributed by atoms with Crippen LogP contribution in [0.2, 0.25) is 0 Å². The number of aliphatic hydroxyl groups excluding tert-OH is 1. The van der Waals surface area contributed by atoms with Crippen molar-refractivity contribution >= 4 is 0 Å². The van der Waals surface area contributed by atoms with Gasteiger partial charge in [0.15, 0.2) is 0 Å². The summed E-state index contributed by atoms with van der Waals surface area (Å²) in [5.74, 6) is 0. The smallest absolute Gasteiger partial charge is 0.0553 e. The molecule has 15 heavy (non-hydrogen) atoms. The number of rotatable bonds is 9. The monoisotopic (exact) mass is 215 g/mol. The molecular weight excluding hydrogens is 186 g/mol. The standard InChI is InChI=1S/C11H22.C2H7NO/c1-3-5-7-9-11-10-8-6-4-2;3-1-2-4/h3H,1,4-11H2,2H3;4H,1-3H2. The van der Waals surface area contributed by atoms with Crippen molar-refractivity contribution in [3.8, 4) is 0 Å². The second-order valence-corrected chi connectivity index (χ2v) is 3.71. The quantitative estimate of drug-likeness (QED) is 0.458. The highest BCUT2D eigenvalue weighted by molar-refractivity contribution is 4.65. The summed E-state index contributed by atoms with van der Waals surface area (Å²) in [4.78, 5) is 0. The molecule has 0 aromatic carbocycles. The summed E-state index contributed by atoms with van der Waals surface area (Å²) in [6.45, 7) is 6.44. The van der Waals surface area contributed by atoms with E-state index < -0.39 is 0 Å². The van der Waals surface area contributed by atoms with E-state index in [1.165, 1.54) is 51.4 Å². The molecule has 0 aliphatic heterocycles. The van der Waals surface area contributed by atoms with Gasteiger partial charge in [0.05, 0.1) is 6.61 Å². The summed E-state index contributed by atoms with van der Waals surface area (Å²) in [5, 5.41) is 7.75. The average molecular weight is 215 g/mol. The van der Waals surface area contributed by atoms with Gasteiger partial charge in [-0.15, -0.1) is 6.58 Å². The molecular formula is C13H29NO. The van der Waals surface area contributed by atoms with Crippen LogP contribution in [-0.4, -0.2) is 18.3 Å². The zero-order valence-corrected chi connectivity index (χ0v) is 10.4. The Morgan fingerprint density at radius 2 is 1.53 bits per heavy atom. The minimum Gasteiger partial charge on any atom is -0.395 e. The van der Waals surface area contributed by atoms with Crippen LogP contribution in [0.1, 0.15) is 58.3 Å². The largest absolute Gasteiger partial charge is 0.395 e. The van der Waals surface area contributed by atoms with Gasteiger partial charge in [0, 0.05) is 6.54 Å². The molecule has 92 valence electrons. The lowest BCUT2D eigenvalue weighted by Crippen LogP contribution is -2.02. The van der Waals surface area contributed by atoms with E-state index in [2.05, 4.69) is 13.5 Å². The Labute approximate surface area is 95.6 Å². The Bertz CT molecular complexity index is 103. The summed E-state index contributed by atoms with van der Waals surface area (Å²) >= 11 is 0. The average Bonchev–Trinajstić information content (AvgIpc) is 2.28. The maximum atomic E-state index is 7.75. The van der Waals surface area contributed by atoms with Crippen molar-refractivity contribution < 1.29 is 5.11 Å². The molecule has 2 heteroatoms. The van der Waals surface area contributed by atoms with Crippen LogP contribution < -0.4 is 5.73 Å². The minimum absolute atomic E-state index is 0.0972. The van der Waals surface area contributed by atoms with E-state index in [-0.39, 0.29) is 6.61 Å². The number of aliphatic hydroxyl groups is 1. The Morgan fingerprint density at radius 1 is 1.07 bits per heavy atom. The van der Waals surface area contributed by atoms with Crippen molar-refractivity contribution in [2.24, 2.45) is 5.73 Å². The third-order valence-electron chi connectivity index (χ3n) is 2.14. The summed E-state index contributed by atoms with van der Waals surface area (Å²) in [6, 6.07) is 0. The van der Waals surface area contributed by atoms with Gasteiger partial charge in [-0.3, -0.25) is 0 Å².